The summed E-state index contributed by atoms with van der Waals surface area (Å²) in [6, 6.07) is 7.88. The van der Waals surface area contributed by atoms with Crippen LogP contribution in [0.2, 0.25) is 0 Å². The van der Waals surface area contributed by atoms with Gasteiger partial charge in [-0.1, -0.05) is 31.0 Å². The van der Waals surface area contributed by atoms with Crippen LogP contribution in [-0.2, 0) is 4.79 Å². The molecule has 1 N–H and O–H groups in total. The Bertz CT molecular complexity index is 820. The maximum Gasteiger partial charge on any atom is 0.234 e. The van der Waals surface area contributed by atoms with Gasteiger partial charge in [-0.25, -0.2) is 4.98 Å². The van der Waals surface area contributed by atoms with Gasteiger partial charge in [-0.2, -0.15) is 0 Å². The molecule has 1 aliphatic rings. The Hall–Kier alpha value is -1.79. The largest absolute Gasteiger partial charge is 0.325 e. The van der Waals surface area contributed by atoms with E-state index in [1.807, 2.05) is 46.4 Å². The van der Waals surface area contributed by atoms with Gasteiger partial charge in [0.15, 0.2) is 4.96 Å². The van der Waals surface area contributed by atoms with Crippen LogP contribution in [0, 0.1) is 0 Å². The third kappa shape index (κ3) is 3.35. The lowest BCUT2D eigenvalue weighted by Crippen LogP contribution is -2.16. The van der Waals surface area contributed by atoms with Crippen molar-refractivity contribution in [3.63, 3.8) is 0 Å². The van der Waals surface area contributed by atoms with Crippen molar-refractivity contribution in [2.24, 2.45) is 0 Å². The summed E-state index contributed by atoms with van der Waals surface area (Å²) in [5.41, 5.74) is 2.69. The molecule has 0 radical (unpaired) electrons. The number of fused-ring (bicyclic) bond motifs is 1. The normalized spacial score (nSPS) is 15.2. The van der Waals surface area contributed by atoms with Crippen LogP contribution in [0.1, 0.15) is 25.7 Å². The van der Waals surface area contributed by atoms with Crippen LogP contribution in [0.15, 0.2) is 42.0 Å². The Morgan fingerprint density at radius 2 is 2.17 bits per heavy atom. The quantitative estimate of drug-likeness (QED) is 0.721. The number of benzene rings is 1. The fourth-order valence-corrected chi connectivity index (χ4v) is 4.93. The molecule has 0 spiro atoms. The molecular weight excluding hydrogens is 338 g/mol. The van der Waals surface area contributed by atoms with E-state index in [4.69, 9.17) is 0 Å². The van der Waals surface area contributed by atoms with Crippen molar-refractivity contribution < 1.29 is 4.79 Å². The lowest BCUT2D eigenvalue weighted by molar-refractivity contribution is -0.113. The maximum absolute atomic E-state index is 12.3. The SMILES string of the molecule is O=C(CSC1CCCC1)Nc1ccccc1-c1cn2ccsc2n1. The minimum atomic E-state index is 0.0698. The predicted octanol–water partition coefficient (Wildman–Crippen LogP) is 4.68. The molecule has 4 rings (SSSR count). The third-order valence-corrected chi connectivity index (χ3v) is 6.47. The third-order valence-electron chi connectivity index (χ3n) is 4.32. The minimum Gasteiger partial charge on any atom is -0.325 e. The average molecular weight is 358 g/mol. The van der Waals surface area contributed by atoms with Gasteiger partial charge in [0.05, 0.1) is 17.1 Å². The molecule has 124 valence electrons. The summed E-state index contributed by atoms with van der Waals surface area (Å²) in [5, 5.41) is 5.74. The molecule has 1 fully saturated rings. The van der Waals surface area contributed by atoms with Gasteiger partial charge in [-0.15, -0.1) is 23.1 Å². The molecule has 0 bridgehead atoms. The summed E-state index contributed by atoms with van der Waals surface area (Å²) in [7, 11) is 0. The number of hydrogen-bond donors (Lipinski definition) is 1. The second kappa shape index (κ2) is 6.99. The van der Waals surface area contributed by atoms with E-state index >= 15 is 0 Å². The monoisotopic (exact) mass is 357 g/mol. The Kier molecular flexibility index (Phi) is 4.58. The zero-order chi connectivity index (χ0) is 16.4. The molecule has 24 heavy (non-hydrogen) atoms. The van der Waals surface area contributed by atoms with E-state index in [1.54, 1.807) is 23.1 Å². The molecule has 1 aliphatic carbocycles. The second-order valence-electron chi connectivity index (χ2n) is 6.03. The highest BCUT2D eigenvalue weighted by molar-refractivity contribution is 8.00. The van der Waals surface area contributed by atoms with Crippen molar-refractivity contribution in [1.82, 2.24) is 9.38 Å². The zero-order valence-corrected chi connectivity index (χ0v) is 14.9. The molecular formula is C18H19N3OS2. The number of hydrogen-bond acceptors (Lipinski definition) is 4. The predicted molar refractivity (Wildman–Crippen MR) is 102 cm³/mol. The Morgan fingerprint density at radius 3 is 3.00 bits per heavy atom. The van der Waals surface area contributed by atoms with Crippen molar-refractivity contribution in [2.75, 3.05) is 11.1 Å². The van der Waals surface area contributed by atoms with E-state index in [1.165, 1.54) is 25.7 Å². The van der Waals surface area contributed by atoms with Gasteiger partial charge in [-0.3, -0.25) is 9.20 Å². The zero-order valence-electron chi connectivity index (χ0n) is 13.3. The highest BCUT2D eigenvalue weighted by Gasteiger charge is 2.17. The molecule has 2 heterocycles. The summed E-state index contributed by atoms with van der Waals surface area (Å²) < 4.78 is 2.01. The molecule has 6 heteroatoms. The number of thioether (sulfide) groups is 1. The first-order valence-electron chi connectivity index (χ1n) is 8.22. The van der Waals surface area contributed by atoms with E-state index in [0.717, 1.165) is 21.9 Å². The van der Waals surface area contributed by atoms with Gasteiger partial charge in [0.1, 0.15) is 0 Å². The molecule has 2 aromatic heterocycles. The first-order chi connectivity index (χ1) is 11.8. The summed E-state index contributed by atoms with van der Waals surface area (Å²) in [4.78, 5) is 17.9. The van der Waals surface area contributed by atoms with Crippen LogP contribution in [0.4, 0.5) is 5.69 Å². The fourth-order valence-electron chi connectivity index (χ4n) is 3.11. The Morgan fingerprint density at radius 1 is 1.33 bits per heavy atom. The number of anilines is 1. The number of imidazole rings is 1. The van der Waals surface area contributed by atoms with E-state index in [2.05, 4.69) is 10.3 Å². The van der Waals surface area contributed by atoms with Crippen LogP contribution >= 0.6 is 23.1 Å². The number of rotatable bonds is 5. The molecule has 0 unspecified atom stereocenters. The van der Waals surface area contributed by atoms with Gasteiger partial charge in [-0.05, 0) is 18.9 Å². The van der Waals surface area contributed by atoms with Crippen LogP contribution in [-0.4, -0.2) is 26.3 Å². The Balaban J connectivity index is 1.48. The first kappa shape index (κ1) is 15.7. The van der Waals surface area contributed by atoms with E-state index in [9.17, 15) is 4.79 Å². The van der Waals surface area contributed by atoms with Gasteiger partial charge in [0, 0.05) is 28.6 Å². The van der Waals surface area contributed by atoms with E-state index in [-0.39, 0.29) is 5.91 Å². The lowest BCUT2D eigenvalue weighted by atomic mass is 10.1. The molecule has 1 amide bonds. The van der Waals surface area contributed by atoms with Crippen molar-refractivity contribution in [2.45, 2.75) is 30.9 Å². The van der Waals surface area contributed by atoms with Crippen molar-refractivity contribution >= 4 is 39.7 Å². The van der Waals surface area contributed by atoms with Crippen molar-refractivity contribution in [3.8, 4) is 11.3 Å². The van der Waals surface area contributed by atoms with Crippen LogP contribution in [0.5, 0.6) is 0 Å². The molecule has 1 saturated carbocycles. The number of para-hydroxylation sites is 1. The topological polar surface area (TPSA) is 46.4 Å². The number of carbonyl (C=O) groups is 1. The molecule has 0 atom stereocenters. The van der Waals surface area contributed by atoms with Crippen LogP contribution < -0.4 is 5.32 Å². The molecule has 3 aromatic rings. The van der Waals surface area contributed by atoms with Gasteiger partial charge < -0.3 is 5.32 Å². The first-order valence-corrected chi connectivity index (χ1v) is 10.2. The molecule has 0 aliphatic heterocycles. The van der Waals surface area contributed by atoms with Gasteiger partial charge >= 0.3 is 0 Å². The highest BCUT2D eigenvalue weighted by atomic mass is 32.2. The molecule has 4 nitrogen and oxygen atoms in total. The molecule has 0 saturated heterocycles. The fraction of sp³-hybridized carbons (Fsp3) is 0.333. The van der Waals surface area contributed by atoms with E-state index < -0.39 is 0 Å². The average Bonchev–Trinajstić information content (AvgIpc) is 3.30. The number of nitrogens with one attached hydrogen (secondary N) is 1. The second-order valence-corrected chi connectivity index (χ2v) is 8.19. The standard InChI is InChI=1S/C18H19N3OS2/c22-17(12-24-13-5-1-2-6-13)19-15-8-4-3-7-14(15)16-11-21-9-10-23-18(21)20-16/h3-4,7-11,13H,1-2,5-6,12H2,(H,19,22). The van der Waals surface area contributed by atoms with Gasteiger partial charge in [0.2, 0.25) is 5.91 Å². The maximum atomic E-state index is 12.3. The minimum absolute atomic E-state index is 0.0698. The highest BCUT2D eigenvalue weighted by Crippen LogP contribution is 2.31. The van der Waals surface area contributed by atoms with Gasteiger partial charge in [0.25, 0.3) is 0 Å². The number of thiazole rings is 1. The number of carbonyl (C=O) groups excluding carboxylic acids is 1. The van der Waals surface area contributed by atoms with Crippen molar-refractivity contribution in [1.29, 1.82) is 0 Å². The van der Waals surface area contributed by atoms with Crippen molar-refractivity contribution in [3.05, 3.63) is 42.0 Å². The number of nitrogens with zero attached hydrogens (tertiary/aromatic N) is 2. The number of amides is 1. The van der Waals surface area contributed by atoms with E-state index in [0.29, 0.717) is 11.0 Å². The number of aromatic nitrogens is 2. The summed E-state index contributed by atoms with van der Waals surface area (Å²) in [6.07, 6.45) is 9.11. The smallest absolute Gasteiger partial charge is 0.234 e. The summed E-state index contributed by atoms with van der Waals surface area (Å²) >= 11 is 3.39. The Labute approximate surface area is 149 Å². The lowest BCUT2D eigenvalue weighted by Gasteiger charge is -2.11. The van der Waals surface area contributed by atoms with Crippen LogP contribution in [0.3, 0.4) is 0 Å². The summed E-state index contributed by atoms with van der Waals surface area (Å²) in [6.45, 7) is 0. The molecule has 1 aromatic carbocycles. The summed E-state index contributed by atoms with van der Waals surface area (Å²) in [5.74, 6) is 0.595. The van der Waals surface area contributed by atoms with Crippen LogP contribution in [0.25, 0.3) is 16.2 Å².